The highest BCUT2D eigenvalue weighted by Gasteiger charge is 2.22. The number of fused-ring (bicyclic) bond motifs is 1. The van der Waals surface area contributed by atoms with Crippen LogP contribution in [0.4, 0.5) is 10.1 Å². The van der Waals surface area contributed by atoms with E-state index >= 15 is 0 Å². The lowest BCUT2D eigenvalue weighted by molar-refractivity contribution is -0.113. The fourth-order valence-corrected chi connectivity index (χ4v) is 4.56. The zero-order valence-electron chi connectivity index (χ0n) is 17.8. The number of nitrogens with zero attached hydrogens (tertiary/aromatic N) is 3. The molecule has 0 spiro atoms. The van der Waals surface area contributed by atoms with Crippen LogP contribution in [0.3, 0.4) is 0 Å². The number of carbonyl (C=O) groups is 1. The van der Waals surface area contributed by atoms with Crippen molar-refractivity contribution in [1.82, 2.24) is 14.8 Å². The smallest absolute Gasteiger partial charge is 0.234 e. The van der Waals surface area contributed by atoms with Crippen molar-refractivity contribution in [2.24, 2.45) is 0 Å². The van der Waals surface area contributed by atoms with Gasteiger partial charge in [-0.15, -0.1) is 10.2 Å². The lowest BCUT2D eigenvalue weighted by atomic mass is 10.2. The maximum absolute atomic E-state index is 13.4. The lowest BCUT2D eigenvalue weighted by Crippen LogP contribution is -2.18. The zero-order chi connectivity index (χ0) is 22.6. The minimum atomic E-state index is -0.311. The van der Waals surface area contributed by atoms with E-state index in [4.69, 9.17) is 14.2 Å². The maximum Gasteiger partial charge on any atom is 0.234 e. The molecule has 0 aliphatic carbocycles. The number of aromatic nitrogens is 3. The number of rotatable bonds is 7. The maximum atomic E-state index is 13.4. The van der Waals surface area contributed by atoms with Crippen molar-refractivity contribution in [1.29, 1.82) is 0 Å². The highest BCUT2D eigenvalue weighted by atomic mass is 32.2. The standard InChI is InChI=1S/C23H23FN4O4S/c24-16-5-3-15(4-6-16)22-26-27-23(28(22)13-18-2-1-9-30-18)33-14-21(29)25-17-7-8-19-20(12-17)32-11-10-31-19/h3-8,12,18H,1-2,9-11,13-14H2,(H,25,29)/t18-/m0/s1. The minimum absolute atomic E-state index is 0.0612. The Hall–Kier alpha value is -3.11. The summed E-state index contributed by atoms with van der Waals surface area (Å²) in [4.78, 5) is 12.6. The number of benzene rings is 2. The molecule has 1 aromatic heterocycles. The number of ether oxygens (including phenoxy) is 3. The van der Waals surface area contributed by atoms with Gasteiger partial charge in [-0.2, -0.15) is 0 Å². The van der Waals surface area contributed by atoms with Crippen molar-refractivity contribution < 1.29 is 23.4 Å². The van der Waals surface area contributed by atoms with E-state index in [1.165, 1.54) is 23.9 Å². The summed E-state index contributed by atoms with van der Waals surface area (Å²) in [6.45, 7) is 2.31. The third-order valence-electron chi connectivity index (χ3n) is 5.39. The average molecular weight is 471 g/mol. The van der Waals surface area contributed by atoms with Crippen molar-refractivity contribution in [3.63, 3.8) is 0 Å². The van der Waals surface area contributed by atoms with E-state index in [1.807, 2.05) is 4.57 Å². The largest absolute Gasteiger partial charge is 0.486 e. The van der Waals surface area contributed by atoms with E-state index in [9.17, 15) is 9.18 Å². The van der Waals surface area contributed by atoms with Crippen LogP contribution >= 0.6 is 11.8 Å². The molecule has 1 saturated heterocycles. The molecule has 1 atom stereocenters. The Morgan fingerprint density at radius 1 is 1.09 bits per heavy atom. The number of halogens is 1. The van der Waals surface area contributed by atoms with Gasteiger partial charge in [0.1, 0.15) is 19.0 Å². The quantitative estimate of drug-likeness (QED) is 0.526. The second kappa shape index (κ2) is 9.80. The van der Waals surface area contributed by atoms with Crippen LogP contribution in [0.1, 0.15) is 12.8 Å². The molecule has 2 aromatic carbocycles. The van der Waals surface area contributed by atoms with E-state index in [0.717, 1.165) is 25.0 Å². The van der Waals surface area contributed by atoms with Gasteiger partial charge in [0.25, 0.3) is 0 Å². The van der Waals surface area contributed by atoms with Crippen LogP contribution < -0.4 is 14.8 Å². The molecule has 1 fully saturated rings. The Bertz CT molecular complexity index is 1130. The molecule has 33 heavy (non-hydrogen) atoms. The van der Waals surface area contributed by atoms with Crippen LogP contribution in [0.5, 0.6) is 11.5 Å². The van der Waals surface area contributed by atoms with Gasteiger partial charge in [0.15, 0.2) is 22.5 Å². The normalized spacial score (nSPS) is 17.2. The van der Waals surface area contributed by atoms with Crippen LogP contribution in [0.15, 0.2) is 47.6 Å². The number of amides is 1. The Morgan fingerprint density at radius 2 is 1.91 bits per heavy atom. The predicted octanol–water partition coefficient (Wildman–Crippen LogP) is 3.77. The molecule has 0 saturated carbocycles. The molecule has 3 heterocycles. The van der Waals surface area contributed by atoms with Crippen LogP contribution in [0, 0.1) is 5.82 Å². The van der Waals surface area contributed by atoms with Crippen molar-refractivity contribution in [3.05, 3.63) is 48.3 Å². The molecule has 3 aromatic rings. The van der Waals surface area contributed by atoms with E-state index in [-0.39, 0.29) is 23.6 Å². The Labute approximate surface area is 194 Å². The van der Waals surface area contributed by atoms with Crippen molar-refractivity contribution >= 4 is 23.4 Å². The average Bonchev–Trinajstić information content (AvgIpc) is 3.49. The van der Waals surface area contributed by atoms with Crippen LogP contribution in [0.2, 0.25) is 0 Å². The molecule has 2 aliphatic heterocycles. The van der Waals surface area contributed by atoms with Crippen LogP contribution in [-0.2, 0) is 16.1 Å². The molecule has 1 amide bonds. The molecule has 10 heteroatoms. The first-order chi connectivity index (χ1) is 16.2. The van der Waals surface area contributed by atoms with Gasteiger partial charge in [0.05, 0.1) is 18.4 Å². The second-order valence-corrected chi connectivity index (χ2v) is 8.70. The van der Waals surface area contributed by atoms with Crippen molar-refractivity contribution in [3.8, 4) is 22.9 Å². The lowest BCUT2D eigenvalue weighted by Gasteiger charge is -2.19. The molecule has 0 bridgehead atoms. The molecule has 5 rings (SSSR count). The van der Waals surface area contributed by atoms with Crippen LogP contribution in [0.25, 0.3) is 11.4 Å². The van der Waals surface area contributed by atoms with Gasteiger partial charge in [0, 0.05) is 23.9 Å². The van der Waals surface area contributed by atoms with Crippen molar-refractivity contribution in [2.45, 2.75) is 30.6 Å². The first-order valence-corrected chi connectivity index (χ1v) is 11.8. The summed E-state index contributed by atoms with van der Waals surface area (Å²) in [6.07, 6.45) is 2.03. The fraction of sp³-hybridized carbons (Fsp3) is 0.348. The third kappa shape index (κ3) is 5.12. The number of anilines is 1. The van der Waals surface area contributed by atoms with E-state index in [2.05, 4.69) is 15.5 Å². The predicted molar refractivity (Wildman–Crippen MR) is 121 cm³/mol. The number of carbonyl (C=O) groups excluding carboxylic acids is 1. The minimum Gasteiger partial charge on any atom is -0.486 e. The SMILES string of the molecule is O=C(CSc1nnc(-c2ccc(F)cc2)n1C[C@@H]1CCCO1)Nc1ccc2c(c1)OCCO2. The molecule has 1 N–H and O–H groups in total. The van der Waals surface area contributed by atoms with Gasteiger partial charge in [-0.3, -0.25) is 9.36 Å². The first kappa shape index (κ1) is 21.7. The van der Waals surface area contributed by atoms with Gasteiger partial charge >= 0.3 is 0 Å². The number of hydrogen-bond donors (Lipinski definition) is 1. The van der Waals surface area contributed by atoms with Gasteiger partial charge in [-0.25, -0.2) is 4.39 Å². The second-order valence-electron chi connectivity index (χ2n) is 7.75. The topological polar surface area (TPSA) is 87.5 Å². The Morgan fingerprint density at radius 3 is 2.70 bits per heavy atom. The summed E-state index contributed by atoms with van der Waals surface area (Å²) in [5.41, 5.74) is 1.40. The summed E-state index contributed by atoms with van der Waals surface area (Å²) >= 11 is 1.30. The summed E-state index contributed by atoms with van der Waals surface area (Å²) < 4.78 is 32.2. The number of hydrogen-bond acceptors (Lipinski definition) is 7. The van der Waals surface area contributed by atoms with Crippen LogP contribution in [-0.4, -0.2) is 52.3 Å². The van der Waals surface area contributed by atoms with E-state index < -0.39 is 0 Å². The number of nitrogens with one attached hydrogen (secondary N) is 1. The molecular formula is C23H23FN4O4S. The van der Waals surface area contributed by atoms with Gasteiger partial charge in [-0.1, -0.05) is 11.8 Å². The number of thioether (sulfide) groups is 1. The monoisotopic (exact) mass is 470 g/mol. The highest BCUT2D eigenvalue weighted by Crippen LogP contribution is 2.33. The molecule has 0 unspecified atom stereocenters. The van der Waals surface area contributed by atoms with Crippen molar-refractivity contribution in [2.75, 3.05) is 30.9 Å². The highest BCUT2D eigenvalue weighted by molar-refractivity contribution is 7.99. The molecular weight excluding hydrogens is 447 g/mol. The summed E-state index contributed by atoms with van der Waals surface area (Å²) in [7, 11) is 0. The summed E-state index contributed by atoms with van der Waals surface area (Å²) in [5.74, 6) is 1.58. The van der Waals surface area contributed by atoms with Gasteiger partial charge < -0.3 is 19.5 Å². The van der Waals surface area contributed by atoms with Gasteiger partial charge in [-0.05, 0) is 49.2 Å². The summed E-state index contributed by atoms with van der Waals surface area (Å²) in [6, 6.07) is 11.5. The van der Waals surface area contributed by atoms with E-state index in [0.29, 0.717) is 47.9 Å². The zero-order valence-corrected chi connectivity index (χ0v) is 18.6. The molecule has 8 nitrogen and oxygen atoms in total. The molecule has 172 valence electrons. The molecule has 2 aliphatic rings. The Kier molecular flexibility index (Phi) is 6.45. The Balaban J connectivity index is 1.29. The van der Waals surface area contributed by atoms with E-state index in [1.54, 1.807) is 30.3 Å². The third-order valence-corrected chi connectivity index (χ3v) is 6.35. The molecule has 0 radical (unpaired) electrons. The van der Waals surface area contributed by atoms with Gasteiger partial charge in [0.2, 0.25) is 5.91 Å². The first-order valence-electron chi connectivity index (χ1n) is 10.8. The fourth-order valence-electron chi connectivity index (χ4n) is 3.81. The summed E-state index contributed by atoms with van der Waals surface area (Å²) in [5, 5.41) is 12.1.